The number of hydrogen-bond acceptors (Lipinski definition) is 4. The Hall–Kier alpha value is -3.41. The van der Waals surface area contributed by atoms with Crippen molar-refractivity contribution in [2.24, 2.45) is 5.10 Å². The average Bonchev–Trinajstić information content (AvgIpc) is 3.30. The molecule has 0 N–H and O–H groups in total. The summed E-state index contributed by atoms with van der Waals surface area (Å²) in [5.74, 6) is 0.909. The van der Waals surface area contributed by atoms with Gasteiger partial charge in [-0.2, -0.15) is 5.10 Å². The highest BCUT2D eigenvalue weighted by molar-refractivity contribution is 6.01. The molecule has 28 heavy (non-hydrogen) atoms. The van der Waals surface area contributed by atoms with Crippen LogP contribution in [0, 0.1) is 20.8 Å². The minimum absolute atomic E-state index is 0.601. The molecule has 0 spiro atoms. The third-order valence-electron chi connectivity index (χ3n) is 5.07. The van der Waals surface area contributed by atoms with Gasteiger partial charge < -0.3 is 9.30 Å². The van der Waals surface area contributed by atoms with Crippen LogP contribution < -0.4 is 4.74 Å². The van der Waals surface area contributed by atoms with Crippen LogP contribution in [0.2, 0.25) is 0 Å². The molecule has 6 heteroatoms. The quantitative estimate of drug-likeness (QED) is 0.478. The fourth-order valence-electron chi connectivity index (χ4n) is 3.35. The molecule has 0 unspecified atom stereocenters. The lowest BCUT2D eigenvalue weighted by Gasteiger charge is -2.11. The van der Waals surface area contributed by atoms with Gasteiger partial charge in [0.25, 0.3) is 0 Å². The molecule has 2 aromatic heterocycles. The summed E-state index contributed by atoms with van der Waals surface area (Å²) in [6.07, 6.45) is 5.01. The first-order valence-electron chi connectivity index (χ1n) is 9.30. The molecule has 4 aromatic rings. The third kappa shape index (κ3) is 3.53. The van der Waals surface area contributed by atoms with E-state index in [1.165, 1.54) is 22.0 Å². The molecule has 0 aliphatic carbocycles. The Morgan fingerprint density at radius 2 is 1.79 bits per heavy atom. The molecule has 0 radical (unpaired) electrons. The van der Waals surface area contributed by atoms with E-state index in [-0.39, 0.29) is 0 Å². The topological polar surface area (TPSA) is 57.2 Å². The molecule has 2 heterocycles. The van der Waals surface area contributed by atoms with Crippen molar-refractivity contribution in [1.29, 1.82) is 0 Å². The lowest BCUT2D eigenvalue weighted by atomic mass is 10.1. The van der Waals surface area contributed by atoms with E-state index in [4.69, 9.17) is 4.74 Å². The Morgan fingerprint density at radius 3 is 2.57 bits per heavy atom. The SMILES string of the molecule is Cc1ccc(OCCn2c(C)c(/C=N\n3cnnc3)c3ccccc32)cc1C. The predicted octanol–water partition coefficient (Wildman–Crippen LogP) is 4.12. The zero-order chi connectivity index (χ0) is 19.5. The van der Waals surface area contributed by atoms with Gasteiger partial charge in [-0.3, -0.25) is 0 Å². The monoisotopic (exact) mass is 373 g/mol. The maximum atomic E-state index is 6.00. The van der Waals surface area contributed by atoms with Crippen molar-refractivity contribution < 1.29 is 4.74 Å². The van der Waals surface area contributed by atoms with Crippen molar-refractivity contribution in [3.8, 4) is 5.75 Å². The van der Waals surface area contributed by atoms with Crippen molar-refractivity contribution in [1.82, 2.24) is 19.4 Å². The highest BCUT2D eigenvalue weighted by Gasteiger charge is 2.12. The number of ether oxygens (including phenoxy) is 1. The normalized spacial score (nSPS) is 11.5. The summed E-state index contributed by atoms with van der Waals surface area (Å²) >= 11 is 0. The van der Waals surface area contributed by atoms with E-state index in [9.17, 15) is 0 Å². The molecule has 0 fully saturated rings. The van der Waals surface area contributed by atoms with Gasteiger partial charge in [0.15, 0.2) is 0 Å². The second-order valence-electron chi connectivity index (χ2n) is 6.85. The van der Waals surface area contributed by atoms with Crippen LogP contribution in [0.15, 0.2) is 60.2 Å². The van der Waals surface area contributed by atoms with Crippen LogP contribution in [0.3, 0.4) is 0 Å². The molecule has 0 amide bonds. The highest BCUT2D eigenvalue weighted by atomic mass is 16.5. The van der Waals surface area contributed by atoms with Gasteiger partial charge in [0, 0.05) is 22.2 Å². The number of aryl methyl sites for hydroxylation is 2. The van der Waals surface area contributed by atoms with Crippen LogP contribution in [0.25, 0.3) is 10.9 Å². The molecule has 0 saturated heterocycles. The molecule has 2 aromatic carbocycles. The van der Waals surface area contributed by atoms with E-state index < -0.39 is 0 Å². The second kappa shape index (κ2) is 7.68. The summed E-state index contributed by atoms with van der Waals surface area (Å²) in [4.78, 5) is 0. The van der Waals surface area contributed by atoms with Crippen LogP contribution in [-0.4, -0.2) is 32.3 Å². The summed E-state index contributed by atoms with van der Waals surface area (Å²) in [5.41, 5.74) is 5.94. The first-order chi connectivity index (χ1) is 13.6. The lowest BCUT2D eigenvalue weighted by Crippen LogP contribution is -2.10. The lowest BCUT2D eigenvalue weighted by molar-refractivity contribution is 0.299. The number of fused-ring (bicyclic) bond motifs is 1. The van der Waals surface area contributed by atoms with Crippen molar-refractivity contribution in [3.63, 3.8) is 0 Å². The van der Waals surface area contributed by atoms with Gasteiger partial charge in [0.1, 0.15) is 25.0 Å². The van der Waals surface area contributed by atoms with Gasteiger partial charge >= 0.3 is 0 Å². The maximum Gasteiger partial charge on any atom is 0.141 e. The molecule has 0 aliphatic rings. The number of rotatable bonds is 6. The van der Waals surface area contributed by atoms with Crippen LogP contribution >= 0.6 is 0 Å². The standard InChI is InChI=1S/C22H23N5O/c1-16-8-9-19(12-17(16)2)28-11-10-27-18(3)21(13-25-26-14-23-24-15-26)20-6-4-5-7-22(20)27/h4-9,12-15H,10-11H2,1-3H3/b25-13-. The number of benzene rings is 2. The number of para-hydroxylation sites is 1. The summed E-state index contributed by atoms with van der Waals surface area (Å²) in [6.45, 7) is 7.69. The van der Waals surface area contributed by atoms with Gasteiger partial charge in [0.2, 0.25) is 0 Å². The van der Waals surface area contributed by atoms with E-state index in [2.05, 4.69) is 71.0 Å². The van der Waals surface area contributed by atoms with Crippen LogP contribution in [-0.2, 0) is 6.54 Å². The fourth-order valence-corrected chi connectivity index (χ4v) is 3.35. The number of hydrogen-bond donors (Lipinski definition) is 0. The molecule has 0 aliphatic heterocycles. The first-order valence-corrected chi connectivity index (χ1v) is 9.30. The van der Waals surface area contributed by atoms with Gasteiger partial charge in [-0.25, -0.2) is 4.68 Å². The summed E-state index contributed by atoms with van der Waals surface area (Å²) in [7, 11) is 0. The van der Waals surface area contributed by atoms with Crippen molar-refractivity contribution in [2.45, 2.75) is 27.3 Å². The van der Waals surface area contributed by atoms with E-state index in [1.54, 1.807) is 17.3 Å². The zero-order valence-corrected chi connectivity index (χ0v) is 16.3. The first kappa shape index (κ1) is 18.0. The summed E-state index contributed by atoms with van der Waals surface area (Å²) < 4.78 is 9.88. The number of nitrogens with zero attached hydrogens (tertiary/aromatic N) is 5. The third-order valence-corrected chi connectivity index (χ3v) is 5.07. The zero-order valence-electron chi connectivity index (χ0n) is 16.3. The van der Waals surface area contributed by atoms with Gasteiger partial charge in [-0.05, 0) is 50.1 Å². The molecule has 4 rings (SSSR count). The number of aromatic nitrogens is 4. The summed E-state index contributed by atoms with van der Waals surface area (Å²) in [6, 6.07) is 14.6. The Balaban J connectivity index is 1.58. The molecule has 0 atom stereocenters. The molecular weight excluding hydrogens is 350 g/mol. The van der Waals surface area contributed by atoms with E-state index in [0.29, 0.717) is 6.61 Å². The molecule has 0 bridgehead atoms. The van der Waals surface area contributed by atoms with Gasteiger partial charge in [-0.1, -0.05) is 24.3 Å². The molecule has 6 nitrogen and oxygen atoms in total. The predicted molar refractivity (Wildman–Crippen MR) is 111 cm³/mol. The molecule has 0 saturated carbocycles. The highest BCUT2D eigenvalue weighted by Crippen LogP contribution is 2.25. The smallest absolute Gasteiger partial charge is 0.141 e. The molecular formula is C22H23N5O. The minimum Gasteiger partial charge on any atom is -0.492 e. The fraction of sp³-hybridized carbons (Fsp3) is 0.227. The van der Waals surface area contributed by atoms with Crippen LogP contribution in [0.1, 0.15) is 22.4 Å². The van der Waals surface area contributed by atoms with E-state index in [0.717, 1.165) is 23.6 Å². The Bertz CT molecular complexity index is 1130. The van der Waals surface area contributed by atoms with Crippen molar-refractivity contribution >= 4 is 17.1 Å². The largest absolute Gasteiger partial charge is 0.492 e. The minimum atomic E-state index is 0.601. The Kier molecular flexibility index (Phi) is 4.93. The van der Waals surface area contributed by atoms with Gasteiger partial charge in [-0.15, -0.1) is 10.2 Å². The van der Waals surface area contributed by atoms with Crippen LogP contribution in [0.4, 0.5) is 0 Å². The maximum absolute atomic E-state index is 6.00. The average molecular weight is 373 g/mol. The van der Waals surface area contributed by atoms with Crippen LogP contribution in [0.5, 0.6) is 5.75 Å². The van der Waals surface area contributed by atoms with Crippen molar-refractivity contribution in [3.05, 3.63) is 77.5 Å². The van der Waals surface area contributed by atoms with Crippen molar-refractivity contribution in [2.75, 3.05) is 6.61 Å². The van der Waals surface area contributed by atoms with E-state index >= 15 is 0 Å². The molecule has 142 valence electrons. The Labute approximate surface area is 164 Å². The summed E-state index contributed by atoms with van der Waals surface area (Å²) in [5, 5.41) is 13.2. The second-order valence-corrected chi connectivity index (χ2v) is 6.85. The van der Waals surface area contributed by atoms with E-state index in [1.807, 2.05) is 18.3 Å². The van der Waals surface area contributed by atoms with Gasteiger partial charge in [0.05, 0.1) is 12.8 Å². The Morgan fingerprint density at radius 1 is 1.00 bits per heavy atom.